The summed E-state index contributed by atoms with van der Waals surface area (Å²) in [7, 11) is 0. The summed E-state index contributed by atoms with van der Waals surface area (Å²) >= 11 is 1.49. The molecule has 0 atom stereocenters. The third kappa shape index (κ3) is 2.27. The van der Waals surface area contributed by atoms with E-state index in [0.717, 1.165) is 16.6 Å². The van der Waals surface area contributed by atoms with E-state index in [-0.39, 0.29) is 5.91 Å². The number of carbonyl (C=O) groups excluding carboxylic acids is 1. The Kier molecular flexibility index (Phi) is 2.88. The standard InChI is InChI=1S/C12H11N5OS/c13-7-1-2-10-9(3-7)11(17-16-10)12(18)14-4-8-5-19-6-15-8/h1-3,5-6H,4,13H2,(H,14,18)(H,16,17). The number of fused-ring (bicyclic) bond motifs is 1. The van der Waals surface area contributed by atoms with Gasteiger partial charge in [0, 0.05) is 16.5 Å². The highest BCUT2D eigenvalue weighted by Crippen LogP contribution is 2.18. The number of hydrogen-bond acceptors (Lipinski definition) is 5. The van der Waals surface area contributed by atoms with Crippen molar-refractivity contribution in [1.29, 1.82) is 0 Å². The number of carbonyl (C=O) groups is 1. The van der Waals surface area contributed by atoms with Gasteiger partial charge in [0.15, 0.2) is 5.69 Å². The van der Waals surface area contributed by atoms with Crippen LogP contribution in [0, 0.1) is 0 Å². The molecule has 0 bridgehead atoms. The van der Waals surface area contributed by atoms with Gasteiger partial charge in [-0.25, -0.2) is 4.98 Å². The molecule has 6 nitrogen and oxygen atoms in total. The molecule has 19 heavy (non-hydrogen) atoms. The highest BCUT2D eigenvalue weighted by Gasteiger charge is 2.14. The van der Waals surface area contributed by atoms with Gasteiger partial charge in [-0.15, -0.1) is 11.3 Å². The average molecular weight is 273 g/mol. The van der Waals surface area contributed by atoms with E-state index >= 15 is 0 Å². The highest BCUT2D eigenvalue weighted by molar-refractivity contribution is 7.07. The number of nitrogen functional groups attached to an aromatic ring is 1. The van der Waals surface area contributed by atoms with E-state index in [1.54, 1.807) is 23.7 Å². The predicted molar refractivity (Wildman–Crippen MR) is 73.8 cm³/mol. The number of benzene rings is 1. The molecular weight excluding hydrogens is 262 g/mol. The number of anilines is 1. The number of aromatic amines is 1. The quantitative estimate of drug-likeness (QED) is 0.630. The number of hydrogen-bond donors (Lipinski definition) is 3. The highest BCUT2D eigenvalue weighted by atomic mass is 32.1. The number of aromatic nitrogens is 3. The van der Waals surface area contributed by atoms with Crippen LogP contribution >= 0.6 is 11.3 Å². The summed E-state index contributed by atoms with van der Waals surface area (Å²) in [5.41, 5.74) is 10.0. The predicted octanol–water partition coefficient (Wildman–Crippen LogP) is 1.53. The molecule has 4 N–H and O–H groups in total. The van der Waals surface area contributed by atoms with Crippen molar-refractivity contribution in [2.75, 3.05) is 5.73 Å². The molecule has 1 amide bonds. The first-order valence-corrected chi connectivity index (χ1v) is 6.57. The van der Waals surface area contributed by atoms with Crippen molar-refractivity contribution in [2.24, 2.45) is 0 Å². The maximum absolute atomic E-state index is 12.1. The average Bonchev–Trinajstić information content (AvgIpc) is 3.04. The Morgan fingerprint density at radius 2 is 2.37 bits per heavy atom. The molecule has 0 spiro atoms. The summed E-state index contributed by atoms with van der Waals surface area (Å²) in [5.74, 6) is -0.246. The number of nitrogens with zero attached hydrogens (tertiary/aromatic N) is 2. The lowest BCUT2D eigenvalue weighted by atomic mass is 10.2. The van der Waals surface area contributed by atoms with Gasteiger partial charge in [0.2, 0.25) is 0 Å². The van der Waals surface area contributed by atoms with Gasteiger partial charge in [0.1, 0.15) is 0 Å². The van der Waals surface area contributed by atoms with Crippen LogP contribution in [0.3, 0.4) is 0 Å². The second-order valence-electron chi connectivity index (χ2n) is 4.04. The maximum Gasteiger partial charge on any atom is 0.272 e. The summed E-state index contributed by atoms with van der Waals surface area (Å²) in [6, 6.07) is 5.29. The summed E-state index contributed by atoms with van der Waals surface area (Å²) in [6.07, 6.45) is 0. The third-order valence-electron chi connectivity index (χ3n) is 2.72. The number of rotatable bonds is 3. The van der Waals surface area contributed by atoms with Gasteiger partial charge in [-0.05, 0) is 18.2 Å². The van der Waals surface area contributed by atoms with Gasteiger partial charge in [-0.1, -0.05) is 0 Å². The zero-order chi connectivity index (χ0) is 13.2. The molecule has 3 aromatic rings. The lowest BCUT2D eigenvalue weighted by Crippen LogP contribution is -2.23. The molecule has 96 valence electrons. The van der Waals surface area contributed by atoms with Crippen LogP contribution in [-0.4, -0.2) is 21.1 Å². The van der Waals surface area contributed by atoms with Crippen LogP contribution in [0.25, 0.3) is 10.9 Å². The van der Waals surface area contributed by atoms with Gasteiger partial charge < -0.3 is 11.1 Å². The normalized spacial score (nSPS) is 10.7. The first-order valence-electron chi connectivity index (χ1n) is 5.63. The van der Waals surface area contributed by atoms with Crippen molar-refractivity contribution in [3.63, 3.8) is 0 Å². The van der Waals surface area contributed by atoms with E-state index in [1.165, 1.54) is 11.3 Å². The molecule has 2 aromatic heterocycles. The Morgan fingerprint density at radius 3 is 3.16 bits per heavy atom. The van der Waals surface area contributed by atoms with E-state index in [0.29, 0.717) is 17.9 Å². The number of nitrogens with one attached hydrogen (secondary N) is 2. The molecule has 0 unspecified atom stereocenters. The first-order chi connectivity index (χ1) is 9.24. The summed E-state index contributed by atoms with van der Waals surface area (Å²) < 4.78 is 0. The zero-order valence-corrected chi connectivity index (χ0v) is 10.7. The number of nitrogens with two attached hydrogens (primary N) is 1. The minimum Gasteiger partial charge on any atom is -0.399 e. The number of thiazole rings is 1. The van der Waals surface area contributed by atoms with Crippen LogP contribution in [-0.2, 0) is 6.54 Å². The van der Waals surface area contributed by atoms with E-state index in [2.05, 4.69) is 20.5 Å². The topological polar surface area (TPSA) is 96.7 Å². The molecule has 0 fully saturated rings. The Labute approximate surface area is 112 Å². The fraction of sp³-hybridized carbons (Fsp3) is 0.0833. The summed E-state index contributed by atoms with van der Waals surface area (Å²) in [4.78, 5) is 16.2. The van der Waals surface area contributed by atoms with Crippen molar-refractivity contribution in [3.8, 4) is 0 Å². The molecule has 0 radical (unpaired) electrons. The molecule has 2 heterocycles. The lowest BCUT2D eigenvalue weighted by Gasteiger charge is -2.01. The number of amides is 1. The molecule has 3 rings (SSSR count). The second kappa shape index (κ2) is 4.69. The van der Waals surface area contributed by atoms with Crippen molar-refractivity contribution in [3.05, 3.63) is 40.5 Å². The van der Waals surface area contributed by atoms with Crippen molar-refractivity contribution in [1.82, 2.24) is 20.5 Å². The number of H-pyrrole nitrogens is 1. The minimum absolute atomic E-state index is 0.246. The summed E-state index contributed by atoms with van der Waals surface area (Å²) in [6.45, 7) is 0.388. The lowest BCUT2D eigenvalue weighted by molar-refractivity contribution is 0.0947. The van der Waals surface area contributed by atoms with Gasteiger partial charge in [-0.3, -0.25) is 9.89 Å². The molecule has 1 aromatic carbocycles. The van der Waals surface area contributed by atoms with Crippen LogP contribution < -0.4 is 11.1 Å². The van der Waals surface area contributed by atoms with Crippen LogP contribution in [0.4, 0.5) is 5.69 Å². The molecule has 0 aliphatic rings. The zero-order valence-electron chi connectivity index (χ0n) is 9.88. The SMILES string of the molecule is Nc1ccc2[nH]nc(C(=O)NCc3cscn3)c2c1. The Hall–Kier alpha value is -2.41. The molecule has 7 heteroatoms. The molecule has 0 aliphatic carbocycles. The van der Waals surface area contributed by atoms with E-state index < -0.39 is 0 Å². The van der Waals surface area contributed by atoms with Crippen molar-refractivity contribution in [2.45, 2.75) is 6.54 Å². The fourth-order valence-corrected chi connectivity index (χ4v) is 2.34. The monoisotopic (exact) mass is 273 g/mol. The summed E-state index contributed by atoms with van der Waals surface area (Å²) in [5, 5.41) is 12.2. The van der Waals surface area contributed by atoms with Crippen molar-refractivity contribution >= 4 is 33.8 Å². The Balaban J connectivity index is 1.83. The molecular formula is C12H11N5OS. The second-order valence-corrected chi connectivity index (χ2v) is 4.76. The Bertz CT molecular complexity index is 719. The van der Waals surface area contributed by atoms with Gasteiger partial charge in [-0.2, -0.15) is 5.10 Å². The fourth-order valence-electron chi connectivity index (χ4n) is 1.78. The minimum atomic E-state index is -0.246. The van der Waals surface area contributed by atoms with Crippen LogP contribution in [0.5, 0.6) is 0 Å². The van der Waals surface area contributed by atoms with Crippen molar-refractivity contribution < 1.29 is 4.79 Å². The molecule has 0 saturated carbocycles. The largest absolute Gasteiger partial charge is 0.399 e. The first kappa shape index (κ1) is 11.7. The van der Waals surface area contributed by atoms with E-state index in [1.807, 2.05) is 5.38 Å². The smallest absolute Gasteiger partial charge is 0.272 e. The van der Waals surface area contributed by atoms with Crippen LogP contribution in [0.1, 0.15) is 16.2 Å². The molecule has 0 aliphatic heterocycles. The maximum atomic E-state index is 12.1. The van der Waals surface area contributed by atoms with Crippen LogP contribution in [0.15, 0.2) is 29.1 Å². The van der Waals surface area contributed by atoms with Crippen LogP contribution in [0.2, 0.25) is 0 Å². The van der Waals surface area contributed by atoms with E-state index in [9.17, 15) is 4.79 Å². The van der Waals surface area contributed by atoms with Gasteiger partial charge >= 0.3 is 0 Å². The Morgan fingerprint density at radius 1 is 1.47 bits per heavy atom. The van der Waals surface area contributed by atoms with Gasteiger partial charge in [0.05, 0.1) is 23.3 Å². The van der Waals surface area contributed by atoms with E-state index in [4.69, 9.17) is 5.73 Å². The third-order valence-corrected chi connectivity index (χ3v) is 3.35. The molecule has 0 saturated heterocycles. The van der Waals surface area contributed by atoms with Gasteiger partial charge in [0.25, 0.3) is 5.91 Å².